The molecule has 0 bridgehead atoms. The fourth-order valence-corrected chi connectivity index (χ4v) is 2.24. The molecule has 0 aromatic rings. The van der Waals surface area contributed by atoms with Crippen LogP contribution in [-0.4, -0.2) is 24.4 Å². The molecule has 2 aliphatic rings. The van der Waals surface area contributed by atoms with Gasteiger partial charge in [-0.3, -0.25) is 4.79 Å². The first-order chi connectivity index (χ1) is 5.79. The van der Waals surface area contributed by atoms with Crippen molar-refractivity contribution in [2.45, 2.75) is 19.3 Å². The minimum atomic E-state index is 0.300. The SMILES string of the molecule is CN1CC[C@H]2C=CCC[C@H]2C1=O. The lowest BCUT2D eigenvalue weighted by Crippen LogP contribution is -2.43. The van der Waals surface area contributed by atoms with E-state index >= 15 is 0 Å². The zero-order valence-electron chi connectivity index (χ0n) is 7.49. The Hall–Kier alpha value is -0.790. The van der Waals surface area contributed by atoms with E-state index in [-0.39, 0.29) is 0 Å². The van der Waals surface area contributed by atoms with Crippen LogP contribution in [-0.2, 0) is 4.79 Å². The van der Waals surface area contributed by atoms with E-state index in [1.807, 2.05) is 11.9 Å². The van der Waals surface area contributed by atoms with Crippen molar-refractivity contribution < 1.29 is 4.79 Å². The van der Waals surface area contributed by atoms with Gasteiger partial charge in [0.2, 0.25) is 5.91 Å². The number of rotatable bonds is 0. The molecule has 1 aliphatic heterocycles. The molecule has 12 heavy (non-hydrogen) atoms. The maximum atomic E-state index is 11.7. The Morgan fingerprint density at radius 2 is 2.33 bits per heavy atom. The Balaban J connectivity index is 2.16. The lowest BCUT2D eigenvalue weighted by molar-refractivity contribution is -0.139. The molecule has 0 radical (unpaired) electrons. The second kappa shape index (κ2) is 2.92. The minimum Gasteiger partial charge on any atom is -0.345 e. The molecule has 2 atom stereocenters. The number of amides is 1. The Kier molecular flexibility index (Phi) is 1.91. The van der Waals surface area contributed by atoms with Gasteiger partial charge in [-0.1, -0.05) is 12.2 Å². The summed E-state index contributed by atoms with van der Waals surface area (Å²) in [5.41, 5.74) is 0. The number of fused-ring (bicyclic) bond motifs is 1. The van der Waals surface area contributed by atoms with Crippen LogP contribution in [0.1, 0.15) is 19.3 Å². The minimum absolute atomic E-state index is 0.300. The number of piperidine rings is 1. The highest BCUT2D eigenvalue weighted by molar-refractivity contribution is 5.80. The predicted molar refractivity (Wildman–Crippen MR) is 47.6 cm³/mol. The van der Waals surface area contributed by atoms with Crippen LogP contribution < -0.4 is 0 Å². The average Bonchev–Trinajstić information content (AvgIpc) is 2.12. The zero-order chi connectivity index (χ0) is 8.55. The van der Waals surface area contributed by atoms with Crippen LogP contribution >= 0.6 is 0 Å². The van der Waals surface area contributed by atoms with Crippen LogP contribution in [0.4, 0.5) is 0 Å². The molecule has 2 rings (SSSR count). The lowest BCUT2D eigenvalue weighted by Gasteiger charge is -2.36. The van der Waals surface area contributed by atoms with Crippen LogP contribution in [0.25, 0.3) is 0 Å². The van der Waals surface area contributed by atoms with E-state index in [1.54, 1.807) is 0 Å². The van der Waals surface area contributed by atoms with Crippen molar-refractivity contribution in [3.05, 3.63) is 12.2 Å². The molecule has 2 nitrogen and oxygen atoms in total. The van der Waals surface area contributed by atoms with Crippen molar-refractivity contribution >= 4 is 5.91 Å². The molecule has 0 spiro atoms. The van der Waals surface area contributed by atoms with Gasteiger partial charge in [-0.2, -0.15) is 0 Å². The molecule has 1 fully saturated rings. The topological polar surface area (TPSA) is 20.3 Å². The first-order valence-electron chi connectivity index (χ1n) is 4.70. The maximum Gasteiger partial charge on any atom is 0.226 e. The number of nitrogens with zero attached hydrogens (tertiary/aromatic N) is 1. The van der Waals surface area contributed by atoms with Gasteiger partial charge < -0.3 is 4.90 Å². The summed E-state index contributed by atoms with van der Waals surface area (Å²) in [5, 5.41) is 0. The Morgan fingerprint density at radius 1 is 1.50 bits per heavy atom. The Labute approximate surface area is 73.2 Å². The fourth-order valence-electron chi connectivity index (χ4n) is 2.24. The molecular weight excluding hydrogens is 150 g/mol. The molecule has 1 amide bonds. The summed E-state index contributed by atoms with van der Waals surface area (Å²) >= 11 is 0. The smallest absolute Gasteiger partial charge is 0.226 e. The van der Waals surface area contributed by atoms with E-state index in [0.29, 0.717) is 17.7 Å². The molecule has 2 heteroatoms. The van der Waals surface area contributed by atoms with Crippen molar-refractivity contribution in [2.75, 3.05) is 13.6 Å². The summed E-state index contributed by atoms with van der Waals surface area (Å²) < 4.78 is 0. The van der Waals surface area contributed by atoms with Gasteiger partial charge in [0.15, 0.2) is 0 Å². The first kappa shape index (κ1) is 7.84. The molecule has 66 valence electrons. The summed E-state index contributed by atoms with van der Waals surface area (Å²) in [6, 6.07) is 0. The third-order valence-corrected chi connectivity index (χ3v) is 3.04. The van der Waals surface area contributed by atoms with Crippen molar-refractivity contribution in [1.29, 1.82) is 0 Å². The van der Waals surface area contributed by atoms with Crippen molar-refractivity contribution in [3.63, 3.8) is 0 Å². The second-order valence-electron chi connectivity index (χ2n) is 3.82. The summed E-state index contributed by atoms with van der Waals surface area (Å²) in [6.45, 7) is 0.935. The van der Waals surface area contributed by atoms with Crippen LogP contribution in [0.2, 0.25) is 0 Å². The van der Waals surface area contributed by atoms with Crippen LogP contribution in [0, 0.1) is 11.8 Å². The molecule has 1 aliphatic carbocycles. The molecule has 0 aromatic heterocycles. The molecule has 1 heterocycles. The van der Waals surface area contributed by atoms with Gasteiger partial charge in [-0.05, 0) is 25.2 Å². The number of carbonyl (C=O) groups excluding carboxylic acids is 1. The molecular formula is C10H15NO. The summed E-state index contributed by atoms with van der Waals surface area (Å²) in [7, 11) is 1.91. The average molecular weight is 165 g/mol. The van der Waals surface area contributed by atoms with E-state index in [0.717, 1.165) is 25.8 Å². The van der Waals surface area contributed by atoms with Crippen LogP contribution in [0.15, 0.2) is 12.2 Å². The fraction of sp³-hybridized carbons (Fsp3) is 0.700. The third kappa shape index (κ3) is 1.15. The largest absolute Gasteiger partial charge is 0.345 e. The van der Waals surface area contributed by atoms with Crippen molar-refractivity contribution in [3.8, 4) is 0 Å². The van der Waals surface area contributed by atoms with E-state index in [2.05, 4.69) is 12.2 Å². The van der Waals surface area contributed by atoms with Gasteiger partial charge in [0, 0.05) is 19.5 Å². The summed E-state index contributed by atoms with van der Waals surface area (Å²) in [5.74, 6) is 1.20. The predicted octanol–water partition coefficient (Wildman–Crippen LogP) is 1.43. The van der Waals surface area contributed by atoms with Crippen molar-refractivity contribution in [2.24, 2.45) is 11.8 Å². The standard InChI is InChI=1S/C10H15NO/c1-11-7-6-8-4-2-3-5-9(8)10(11)12/h2,4,8-9H,3,5-7H2,1H3/t8-,9-/m1/s1. The van der Waals surface area contributed by atoms with E-state index in [1.165, 1.54) is 0 Å². The monoisotopic (exact) mass is 165 g/mol. The van der Waals surface area contributed by atoms with Gasteiger partial charge in [0.25, 0.3) is 0 Å². The molecule has 0 aromatic carbocycles. The summed E-state index contributed by atoms with van der Waals surface area (Å²) in [4.78, 5) is 13.5. The van der Waals surface area contributed by atoms with Gasteiger partial charge in [0.05, 0.1) is 0 Å². The van der Waals surface area contributed by atoms with E-state index in [4.69, 9.17) is 0 Å². The van der Waals surface area contributed by atoms with Gasteiger partial charge in [-0.15, -0.1) is 0 Å². The third-order valence-electron chi connectivity index (χ3n) is 3.04. The zero-order valence-corrected chi connectivity index (χ0v) is 7.49. The number of allylic oxidation sites excluding steroid dienone is 2. The quantitative estimate of drug-likeness (QED) is 0.497. The van der Waals surface area contributed by atoms with Gasteiger partial charge in [-0.25, -0.2) is 0 Å². The maximum absolute atomic E-state index is 11.7. The lowest BCUT2D eigenvalue weighted by atomic mass is 9.79. The summed E-state index contributed by atoms with van der Waals surface area (Å²) in [6.07, 6.45) is 7.76. The van der Waals surface area contributed by atoms with Crippen molar-refractivity contribution in [1.82, 2.24) is 4.90 Å². The molecule has 0 N–H and O–H groups in total. The normalized spacial score (nSPS) is 35.1. The highest BCUT2D eigenvalue weighted by Gasteiger charge is 2.33. The van der Waals surface area contributed by atoms with Crippen LogP contribution in [0.5, 0.6) is 0 Å². The first-order valence-corrected chi connectivity index (χ1v) is 4.70. The molecule has 0 saturated carbocycles. The number of hydrogen-bond donors (Lipinski definition) is 0. The molecule has 0 unspecified atom stereocenters. The number of carbonyl (C=O) groups is 1. The molecule has 1 saturated heterocycles. The highest BCUT2D eigenvalue weighted by Crippen LogP contribution is 2.32. The number of likely N-dealkylation sites (tertiary alicyclic amines) is 1. The second-order valence-corrected chi connectivity index (χ2v) is 3.82. The van der Waals surface area contributed by atoms with E-state index < -0.39 is 0 Å². The van der Waals surface area contributed by atoms with E-state index in [9.17, 15) is 4.79 Å². The van der Waals surface area contributed by atoms with Gasteiger partial charge in [0.1, 0.15) is 0 Å². The number of hydrogen-bond acceptors (Lipinski definition) is 1. The Bertz CT molecular complexity index is 222. The highest BCUT2D eigenvalue weighted by atomic mass is 16.2. The Morgan fingerprint density at radius 3 is 3.17 bits per heavy atom. The van der Waals surface area contributed by atoms with Gasteiger partial charge >= 0.3 is 0 Å². The van der Waals surface area contributed by atoms with Crippen LogP contribution in [0.3, 0.4) is 0 Å².